The zero-order valence-corrected chi connectivity index (χ0v) is 15.3. The van der Waals surface area contributed by atoms with Crippen LogP contribution in [0.4, 0.5) is 0 Å². The van der Waals surface area contributed by atoms with Crippen LogP contribution in [0.1, 0.15) is 16.7 Å². The quantitative estimate of drug-likeness (QED) is 0.491. The van der Waals surface area contributed by atoms with Crippen LogP contribution in [0.3, 0.4) is 0 Å². The van der Waals surface area contributed by atoms with Crippen LogP contribution in [0, 0.1) is 20.8 Å². The second-order valence-corrected chi connectivity index (χ2v) is 6.75. The molecular weight excluding hydrogens is 318 g/mol. The van der Waals surface area contributed by atoms with E-state index in [0.29, 0.717) is 0 Å². The molecule has 1 aromatic heterocycles. The van der Waals surface area contributed by atoms with Crippen LogP contribution in [0.25, 0.3) is 28.5 Å². The van der Waals surface area contributed by atoms with Crippen molar-refractivity contribution in [1.82, 2.24) is 14.8 Å². The average Bonchev–Trinajstić information content (AvgIpc) is 3.08. The topological polar surface area (TPSA) is 30.7 Å². The summed E-state index contributed by atoms with van der Waals surface area (Å²) >= 11 is 0. The molecule has 1 heterocycles. The summed E-state index contributed by atoms with van der Waals surface area (Å²) in [5, 5.41) is 9.05. The predicted molar refractivity (Wildman–Crippen MR) is 106 cm³/mol. The fraction of sp³-hybridized carbons (Fsp3) is 0.130. The van der Waals surface area contributed by atoms with Crippen LogP contribution >= 0.6 is 0 Å². The van der Waals surface area contributed by atoms with Crippen molar-refractivity contribution >= 4 is 0 Å². The Kier molecular flexibility index (Phi) is 4.13. The summed E-state index contributed by atoms with van der Waals surface area (Å²) < 4.78 is 2.13. The van der Waals surface area contributed by atoms with E-state index in [4.69, 9.17) is 0 Å². The minimum atomic E-state index is 0.851. The van der Waals surface area contributed by atoms with Crippen LogP contribution in [-0.2, 0) is 0 Å². The Morgan fingerprint density at radius 1 is 0.500 bits per heavy atom. The van der Waals surface area contributed by atoms with E-state index < -0.39 is 0 Å². The molecule has 4 rings (SSSR count). The van der Waals surface area contributed by atoms with Gasteiger partial charge in [-0.25, -0.2) is 0 Å². The first-order valence-electron chi connectivity index (χ1n) is 8.78. The Morgan fingerprint density at radius 2 is 0.846 bits per heavy atom. The fourth-order valence-corrected chi connectivity index (χ4v) is 3.00. The van der Waals surface area contributed by atoms with Crippen molar-refractivity contribution in [2.24, 2.45) is 0 Å². The highest BCUT2D eigenvalue weighted by Gasteiger charge is 2.17. The molecule has 0 aliphatic heterocycles. The minimum Gasteiger partial charge on any atom is -0.275 e. The highest BCUT2D eigenvalue weighted by Crippen LogP contribution is 2.29. The maximum atomic E-state index is 4.53. The van der Waals surface area contributed by atoms with Gasteiger partial charge in [0.15, 0.2) is 11.6 Å². The Labute approximate surface area is 154 Å². The fourth-order valence-electron chi connectivity index (χ4n) is 3.00. The first kappa shape index (κ1) is 16.3. The Balaban J connectivity index is 1.93. The van der Waals surface area contributed by atoms with Gasteiger partial charge >= 0.3 is 0 Å². The normalized spacial score (nSPS) is 10.9. The average molecular weight is 339 g/mol. The molecule has 0 N–H and O–H groups in total. The summed E-state index contributed by atoms with van der Waals surface area (Å²) in [6.07, 6.45) is 0. The van der Waals surface area contributed by atoms with Crippen LogP contribution in [0.15, 0.2) is 72.8 Å². The molecule has 3 nitrogen and oxygen atoms in total. The van der Waals surface area contributed by atoms with Crippen molar-refractivity contribution in [1.29, 1.82) is 0 Å². The highest BCUT2D eigenvalue weighted by atomic mass is 15.3. The third-order valence-corrected chi connectivity index (χ3v) is 4.57. The molecule has 0 atom stereocenters. The standard InChI is InChI=1S/C23H21N3/c1-16-4-10-19(11-5-16)22-24-25-23(20-12-6-17(2)7-13-20)26(22)21-14-8-18(3)9-15-21/h4-15H,1-3H3. The summed E-state index contributed by atoms with van der Waals surface area (Å²) in [6, 6.07) is 25.3. The first-order chi connectivity index (χ1) is 12.6. The molecule has 0 unspecified atom stereocenters. The van der Waals surface area contributed by atoms with Crippen LogP contribution in [0.2, 0.25) is 0 Å². The van der Waals surface area contributed by atoms with Gasteiger partial charge in [-0.2, -0.15) is 0 Å². The number of nitrogens with zero attached hydrogens (tertiary/aromatic N) is 3. The maximum absolute atomic E-state index is 4.53. The summed E-state index contributed by atoms with van der Waals surface area (Å²) in [7, 11) is 0. The molecule has 0 aliphatic carbocycles. The van der Waals surface area contributed by atoms with Crippen molar-refractivity contribution in [3.05, 3.63) is 89.5 Å². The van der Waals surface area contributed by atoms with E-state index in [0.717, 1.165) is 28.5 Å². The predicted octanol–water partition coefficient (Wildman–Crippen LogP) is 5.53. The lowest BCUT2D eigenvalue weighted by molar-refractivity contribution is 1.07. The molecule has 0 bridgehead atoms. The zero-order chi connectivity index (χ0) is 18.1. The molecule has 0 radical (unpaired) electrons. The van der Waals surface area contributed by atoms with E-state index in [2.05, 4.69) is 108 Å². The second kappa shape index (κ2) is 6.60. The van der Waals surface area contributed by atoms with E-state index in [1.54, 1.807) is 0 Å². The van der Waals surface area contributed by atoms with Crippen LogP contribution in [0.5, 0.6) is 0 Å². The van der Waals surface area contributed by atoms with E-state index in [1.807, 2.05) is 0 Å². The number of aryl methyl sites for hydroxylation is 3. The number of hydrogen-bond donors (Lipinski definition) is 0. The summed E-state index contributed by atoms with van der Waals surface area (Å²) in [5.74, 6) is 1.70. The van der Waals surface area contributed by atoms with Crippen molar-refractivity contribution in [2.75, 3.05) is 0 Å². The molecule has 128 valence electrons. The smallest absolute Gasteiger partial charge is 0.168 e. The van der Waals surface area contributed by atoms with Gasteiger partial charge < -0.3 is 0 Å². The lowest BCUT2D eigenvalue weighted by Crippen LogP contribution is -2.00. The Morgan fingerprint density at radius 3 is 1.23 bits per heavy atom. The van der Waals surface area contributed by atoms with Gasteiger partial charge in [0.05, 0.1) is 0 Å². The Hall–Kier alpha value is -3.20. The van der Waals surface area contributed by atoms with Crippen molar-refractivity contribution in [2.45, 2.75) is 20.8 Å². The first-order valence-corrected chi connectivity index (χ1v) is 8.78. The van der Waals surface area contributed by atoms with E-state index in [9.17, 15) is 0 Å². The molecule has 26 heavy (non-hydrogen) atoms. The molecule has 3 heteroatoms. The van der Waals surface area contributed by atoms with Crippen LogP contribution in [-0.4, -0.2) is 14.8 Å². The SMILES string of the molecule is Cc1ccc(-c2nnc(-c3ccc(C)cc3)n2-c2ccc(C)cc2)cc1. The third-order valence-electron chi connectivity index (χ3n) is 4.57. The molecule has 0 fully saturated rings. The second-order valence-electron chi connectivity index (χ2n) is 6.75. The molecule has 0 saturated heterocycles. The van der Waals surface area contributed by atoms with E-state index in [1.165, 1.54) is 16.7 Å². The summed E-state index contributed by atoms with van der Waals surface area (Å²) in [6.45, 7) is 6.27. The number of rotatable bonds is 3. The number of aromatic nitrogens is 3. The molecular formula is C23H21N3. The molecule has 0 saturated carbocycles. The maximum Gasteiger partial charge on any atom is 0.168 e. The van der Waals surface area contributed by atoms with E-state index >= 15 is 0 Å². The van der Waals surface area contributed by atoms with Crippen LogP contribution < -0.4 is 0 Å². The number of benzene rings is 3. The molecule has 0 aliphatic rings. The lowest BCUT2D eigenvalue weighted by atomic mass is 10.1. The molecule has 3 aromatic carbocycles. The lowest BCUT2D eigenvalue weighted by Gasteiger charge is -2.11. The largest absolute Gasteiger partial charge is 0.275 e. The minimum absolute atomic E-state index is 0.851. The summed E-state index contributed by atoms with van der Waals surface area (Å²) in [5.41, 5.74) is 6.87. The summed E-state index contributed by atoms with van der Waals surface area (Å²) in [4.78, 5) is 0. The molecule has 0 amide bonds. The van der Waals surface area contributed by atoms with Gasteiger partial charge in [-0.1, -0.05) is 77.4 Å². The monoisotopic (exact) mass is 339 g/mol. The van der Waals surface area contributed by atoms with Gasteiger partial charge in [0.2, 0.25) is 0 Å². The van der Waals surface area contributed by atoms with Crippen molar-refractivity contribution < 1.29 is 0 Å². The van der Waals surface area contributed by atoms with E-state index in [-0.39, 0.29) is 0 Å². The van der Waals surface area contributed by atoms with Crippen molar-refractivity contribution in [3.63, 3.8) is 0 Å². The third kappa shape index (κ3) is 3.04. The van der Waals surface area contributed by atoms with Gasteiger partial charge in [-0.3, -0.25) is 4.57 Å². The highest BCUT2D eigenvalue weighted by molar-refractivity contribution is 5.67. The van der Waals surface area contributed by atoms with Gasteiger partial charge in [0.25, 0.3) is 0 Å². The van der Waals surface area contributed by atoms with Gasteiger partial charge in [-0.05, 0) is 32.9 Å². The van der Waals surface area contributed by atoms with Gasteiger partial charge in [-0.15, -0.1) is 10.2 Å². The van der Waals surface area contributed by atoms with Gasteiger partial charge in [0.1, 0.15) is 0 Å². The number of hydrogen-bond acceptors (Lipinski definition) is 2. The van der Waals surface area contributed by atoms with Gasteiger partial charge in [0, 0.05) is 16.8 Å². The van der Waals surface area contributed by atoms with Crippen molar-refractivity contribution in [3.8, 4) is 28.5 Å². The molecule has 0 spiro atoms. The Bertz CT molecular complexity index is 962. The molecule has 4 aromatic rings. The zero-order valence-electron chi connectivity index (χ0n) is 15.3.